The summed E-state index contributed by atoms with van der Waals surface area (Å²) >= 11 is 0. The fraction of sp³-hybridized carbons (Fsp3) is 0.417. The fourth-order valence-corrected chi connectivity index (χ4v) is 3.59. The van der Waals surface area contributed by atoms with Gasteiger partial charge in [0, 0.05) is 45.0 Å². The summed E-state index contributed by atoms with van der Waals surface area (Å²) in [4.78, 5) is 31.0. The van der Waals surface area contributed by atoms with Crippen LogP contribution >= 0.6 is 0 Å². The second-order valence-corrected chi connectivity index (χ2v) is 7.98. The monoisotopic (exact) mass is 423 g/mol. The van der Waals surface area contributed by atoms with E-state index in [4.69, 9.17) is 0 Å². The Morgan fingerprint density at radius 3 is 2.32 bits per heavy atom. The van der Waals surface area contributed by atoms with Gasteiger partial charge in [0.1, 0.15) is 0 Å². The average Bonchev–Trinajstić information content (AvgIpc) is 2.79. The molecule has 166 valence electrons. The minimum atomic E-state index is -0.113. The van der Waals surface area contributed by atoms with Gasteiger partial charge >= 0.3 is 6.03 Å². The minimum Gasteiger partial charge on any atom is -0.353 e. The van der Waals surface area contributed by atoms with Gasteiger partial charge in [0.2, 0.25) is 5.91 Å². The van der Waals surface area contributed by atoms with E-state index in [1.807, 2.05) is 73.5 Å². The first-order valence-electron chi connectivity index (χ1n) is 10.9. The molecule has 1 fully saturated rings. The molecule has 0 aliphatic carbocycles. The zero-order valence-corrected chi connectivity index (χ0v) is 18.7. The minimum absolute atomic E-state index is 0.0464. The molecule has 31 heavy (non-hydrogen) atoms. The van der Waals surface area contributed by atoms with E-state index in [1.165, 1.54) is 0 Å². The van der Waals surface area contributed by atoms with Gasteiger partial charge in [-0.1, -0.05) is 37.3 Å². The number of urea groups is 1. The number of hydrogen-bond donors (Lipinski definition) is 2. The van der Waals surface area contributed by atoms with Gasteiger partial charge in [-0.25, -0.2) is 4.79 Å². The first-order valence-corrected chi connectivity index (χ1v) is 10.9. The van der Waals surface area contributed by atoms with E-state index < -0.39 is 0 Å². The topological polar surface area (TPSA) is 67.9 Å². The molecule has 1 unspecified atom stereocenters. The molecule has 0 bridgehead atoms. The van der Waals surface area contributed by atoms with Crippen LogP contribution in [0, 0.1) is 0 Å². The van der Waals surface area contributed by atoms with Crippen LogP contribution in [0.5, 0.6) is 0 Å². The van der Waals surface area contributed by atoms with Crippen molar-refractivity contribution in [1.29, 1.82) is 0 Å². The third-order valence-electron chi connectivity index (χ3n) is 5.70. The van der Waals surface area contributed by atoms with E-state index in [-0.39, 0.29) is 18.0 Å². The van der Waals surface area contributed by atoms with Crippen molar-refractivity contribution in [1.82, 2.24) is 15.1 Å². The van der Waals surface area contributed by atoms with Gasteiger partial charge in [0.15, 0.2) is 0 Å². The van der Waals surface area contributed by atoms with Crippen molar-refractivity contribution < 1.29 is 9.59 Å². The highest BCUT2D eigenvalue weighted by Gasteiger charge is 2.23. The summed E-state index contributed by atoms with van der Waals surface area (Å²) in [7, 11) is 1.99. The number of piperazine rings is 1. The first kappa shape index (κ1) is 22.6. The molecule has 1 atom stereocenters. The summed E-state index contributed by atoms with van der Waals surface area (Å²) in [5.41, 5.74) is 2.75. The molecule has 2 N–H and O–H groups in total. The highest BCUT2D eigenvalue weighted by Crippen LogP contribution is 2.30. The van der Waals surface area contributed by atoms with Gasteiger partial charge in [-0.3, -0.25) is 9.69 Å². The molecule has 7 heteroatoms. The number of para-hydroxylation sites is 3. The molecule has 0 radical (unpaired) electrons. The number of nitrogens with zero attached hydrogens (tertiary/aromatic N) is 3. The van der Waals surface area contributed by atoms with Gasteiger partial charge in [0.25, 0.3) is 0 Å². The number of carbonyl (C=O) groups excluding carboxylic acids is 2. The fourth-order valence-electron chi connectivity index (χ4n) is 3.59. The normalized spacial score (nSPS) is 15.3. The van der Waals surface area contributed by atoms with Crippen LogP contribution < -0.4 is 15.5 Å². The van der Waals surface area contributed by atoms with Crippen LogP contribution in [-0.2, 0) is 4.79 Å². The van der Waals surface area contributed by atoms with Gasteiger partial charge < -0.3 is 20.4 Å². The number of benzene rings is 2. The third kappa shape index (κ3) is 6.21. The van der Waals surface area contributed by atoms with Crippen LogP contribution in [0.1, 0.15) is 20.3 Å². The van der Waals surface area contributed by atoms with E-state index in [2.05, 4.69) is 27.4 Å². The maximum absolute atomic E-state index is 12.9. The highest BCUT2D eigenvalue weighted by molar-refractivity contribution is 5.94. The Kier molecular flexibility index (Phi) is 7.89. The summed E-state index contributed by atoms with van der Waals surface area (Å²) < 4.78 is 0. The largest absolute Gasteiger partial charge is 0.353 e. The van der Waals surface area contributed by atoms with Crippen LogP contribution in [0.3, 0.4) is 0 Å². The average molecular weight is 424 g/mol. The molecule has 0 saturated carbocycles. The van der Waals surface area contributed by atoms with Crippen molar-refractivity contribution in [2.45, 2.75) is 26.3 Å². The Hall–Kier alpha value is -3.06. The van der Waals surface area contributed by atoms with Crippen LogP contribution in [0.15, 0.2) is 54.6 Å². The molecule has 0 aromatic heterocycles. The lowest BCUT2D eigenvalue weighted by Crippen LogP contribution is -2.52. The van der Waals surface area contributed by atoms with Crippen LogP contribution in [-0.4, -0.2) is 67.6 Å². The molecule has 1 aliphatic rings. The van der Waals surface area contributed by atoms with E-state index in [1.54, 1.807) is 0 Å². The van der Waals surface area contributed by atoms with Crippen molar-refractivity contribution in [2.24, 2.45) is 0 Å². The predicted octanol–water partition coefficient (Wildman–Crippen LogP) is 3.52. The second-order valence-electron chi connectivity index (χ2n) is 7.98. The third-order valence-corrected chi connectivity index (χ3v) is 5.70. The summed E-state index contributed by atoms with van der Waals surface area (Å²) in [6, 6.07) is 17.9. The molecule has 3 amide bonds. The highest BCUT2D eigenvalue weighted by atomic mass is 16.2. The van der Waals surface area contributed by atoms with Crippen molar-refractivity contribution in [3.8, 4) is 0 Å². The lowest BCUT2D eigenvalue weighted by molar-refractivity contribution is -0.123. The molecular weight excluding hydrogens is 390 g/mol. The Labute approximate surface area is 185 Å². The second kappa shape index (κ2) is 10.8. The van der Waals surface area contributed by atoms with E-state index in [9.17, 15) is 9.59 Å². The molecule has 2 aromatic carbocycles. The van der Waals surface area contributed by atoms with E-state index in [0.29, 0.717) is 32.7 Å². The Balaban J connectivity index is 1.56. The Morgan fingerprint density at radius 1 is 1.00 bits per heavy atom. The quantitative estimate of drug-likeness (QED) is 0.715. The Bertz CT molecular complexity index is 865. The summed E-state index contributed by atoms with van der Waals surface area (Å²) in [6.45, 7) is 7.01. The maximum atomic E-state index is 12.9. The lowest BCUT2D eigenvalue weighted by Gasteiger charge is -2.34. The van der Waals surface area contributed by atoms with Crippen molar-refractivity contribution >= 4 is 29.0 Å². The van der Waals surface area contributed by atoms with Crippen molar-refractivity contribution in [2.75, 3.05) is 50.0 Å². The van der Waals surface area contributed by atoms with Crippen molar-refractivity contribution in [3.05, 3.63) is 54.6 Å². The van der Waals surface area contributed by atoms with Gasteiger partial charge in [-0.2, -0.15) is 0 Å². The summed E-state index contributed by atoms with van der Waals surface area (Å²) in [5, 5.41) is 6.06. The van der Waals surface area contributed by atoms with Crippen molar-refractivity contribution in [3.63, 3.8) is 0 Å². The Morgan fingerprint density at radius 2 is 1.65 bits per heavy atom. The number of carbonyl (C=O) groups is 2. The lowest BCUT2D eigenvalue weighted by atomic mass is 10.2. The molecule has 3 rings (SSSR count). The molecule has 7 nitrogen and oxygen atoms in total. The van der Waals surface area contributed by atoms with Gasteiger partial charge in [0.05, 0.1) is 17.9 Å². The maximum Gasteiger partial charge on any atom is 0.321 e. The van der Waals surface area contributed by atoms with Gasteiger partial charge in [-0.05, 0) is 37.6 Å². The zero-order valence-electron chi connectivity index (χ0n) is 18.7. The first-order chi connectivity index (χ1) is 15.0. The van der Waals surface area contributed by atoms with E-state index in [0.717, 1.165) is 23.5 Å². The molecule has 1 saturated heterocycles. The van der Waals surface area contributed by atoms with Crippen LogP contribution in [0.25, 0.3) is 0 Å². The van der Waals surface area contributed by atoms with Crippen LogP contribution in [0.2, 0.25) is 0 Å². The number of rotatable bonds is 7. The van der Waals surface area contributed by atoms with E-state index >= 15 is 0 Å². The number of amides is 3. The number of anilines is 3. The van der Waals surface area contributed by atoms with Crippen LogP contribution in [0.4, 0.5) is 21.9 Å². The molecule has 1 aliphatic heterocycles. The predicted molar refractivity (Wildman–Crippen MR) is 126 cm³/mol. The number of hydrogen-bond acceptors (Lipinski definition) is 4. The van der Waals surface area contributed by atoms with Gasteiger partial charge in [-0.15, -0.1) is 0 Å². The zero-order chi connectivity index (χ0) is 22.2. The molecule has 1 heterocycles. The SMILES string of the molecule is CCC(C)NC(=O)CN1CCN(C(=O)Nc2ccccc2N(C)c2ccccc2)CC1. The standard InChI is InChI=1S/C24H33N5O2/c1-4-19(2)25-23(30)18-28-14-16-29(17-15-28)24(31)26-21-12-8-9-13-22(21)27(3)20-10-6-5-7-11-20/h5-13,19H,4,14-18H2,1-3H3,(H,25,30)(H,26,31). The molecule has 2 aromatic rings. The summed E-state index contributed by atoms with van der Waals surface area (Å²) in [5.74, 6) is 0.0464. The molecular formula is C24H33N5O2. The molecule has 0 spiro atoms. The smallest absolute Gasteiger partial charge is 0.321 e. The summed E-state index contributed by atoms with van der Waals surface area (Å²) in [6.07, 6.45) is 0.917. The number of nitrogens with one attached hydrogen (secondary N) is 2.